The van der Waals surface area contributed by atoms with Gasteiger partial charge in [-0.05, 0) is 37.1 Å². The Bertz CT molecular complexity index is 949. The molecule has 1 aliphatic heterocycles. The highest BCUT2D eigenvalue weighted by Gasteiger charge is 2.39. The van der Waals surface area contributed by atoms with Crippen molar-refractivity contribution in [3.05, 3.63) is 90.5 Å². The van der Waals surface area contributed by atoms with Crippen molar-refractivity contribution >= 4 is 0 Å². The first-order valence-electron chi connectivity index (χ1n) is 11.5. The summed E-state index contributed by atoms with van der Waals surface area (Å²) in [4.78, 5) is 0. The largest absolute Gasteiger partial charge is 0.491 e. The molecule has 1 saturated heterocycles. The van der Waals surface area contributed by atoms with Crippen LogP contribution in [0.1, 0.15) is 19.4 Å². The summed E-state index contributed by atoms with van der Waals surface area (Å²) < 4.78 is 12.8. The third kappa shape index (κ3) is 5.98. The van der Waals surface area contributed by atoms with Gasteiger partial charge in [-0.15, -0.1) is 0 Å². The van der Waals surface area contributed by atoms with Gasteiger partial charge in [0.2, 0.25) is 0 Å². The van der Waals surface area contributed by atoms with Crippen LogP contribution in [0.3, 0.4) is 0 Å². The fourth-order valence-corrected chi connectivity index (χ4v) is 5.03. The molecule has 3 aromatic carbocycles. The smallest absolute Gasteiger partial charge is 0.137 e. The molecule has 3 atom stereocenters. The zero-order valence-electron chi connectivity index (χ0n) is 19.1. The van der Waals surface area contributed by atoms with Crippen LogP contribution in [0.4, 0.5) is 0 Å². The normalized spacial score (nSPS) is 24.1. The van der Waals surface area contributed by atoms with Crippen molar-refractivity contribution in [2.24, 2.45) is 0 Å². The second kappa shape index (κ2) is 10.3. The number of aliphatic hydroxyl groups excluding tert-OH is 1. The van der Waals surface area contributed by atoms with Gasteiger partial charge < -0.3 is 19.1 Å². The summed E-state index contributed by atoms with van der Waals surface area (Å²) in [5.74, 6) is 0.780. The van der Waals surface area contributed by atoms with Crippen LogP contribution in [0, 0.1) is 0 Å². The van der Waals surface area contributed by atoms with Gasteiger partial charge in [0.1, 0.15) is 56.8 Å². The van der Waals surface area contributed by atoms with Crippen molar-refractivity contribution < 1.29 is 19.1 Å². The van der Waals surface area contributed by atoms with E-state index in [9.17, 15) is 5.11 Å². The average molecular weight is 433 g/mol. The Hall–Kier alpha value is -2.66. The van der Waals surface area contributed by atoms with E-state index < -0.39 is 6.10 Å². The van der Waals surface area contributed by atoms with Crippen LogP contribution in [-0.2, 0) is 11.3 Å². The lowest BCUT2D eigenvalue weighted by atomic mass is 10.1. The third-order valence-electron chi connectivity index (χ3n) is 6.12. The summed E-state index contributed by atoms with van der Waals surface area (Å²) in [6.45, 7) is 7.86. The first-order valence-corrected chi connectivity index (χ1v) is 11.5. The predicted molar refractivity (Wildman–Crippen MR) is 128 cm³/mol. The van der Waals surface area contributed by atoms with Gasteiger partial charge in [-0.1, -0.05) is 72.8 Å². The summed E-state index contributed by atoms with van der Waals surface area (Å²) in [6, 6.07) is 28.9. The lowest BCUT2D eigenvalue weighted by molar-refractivity contribution is -0.956. The van der Waals surface area contributed by atoms with Crippen molar-refractivity contribution in [2.45, 2.75) is 38.7 Å². The Morgan fingerprint density at radius 3 is 2.03 bits per heavy atom. The van der Waals surface area contributed by atoms with E-state index in [1.54, 1.807) is 0 Å². The number of nitrogens with zero attached hydrogens (tertiary/aromatic N) is 1. The minimum atomic E-state index is -0.551. The molecule has 1 heterocycles. The van der Waals surface area contributed by atoms with Crippen molar-refractivity contribution in [2.75, 3.05) is 26.2 Å². The Balaban J connectivity index is 1.39. The highest BCUT2D eigenvalue weighted by molar-refractivity contribution is 5.63. The standard InChI is InChI=1S/C28H34NO3/c1-22-17-29(18-23(2)32-22,19-24-9-5-3-6-10-24)20-27(30)21-31-28-15-13-26(14-16-28)25-11-7-4-8-12-25/h3-16,22-23,27,30H,17-21H2,1-2H3/q+1. The first-order chi connectivity index (χ1) is 15.5. The number of quaternary nitrogens is 1. The average Bonchev–Trinajstić information content (AvgIpc) is 2.78. The van der Waals surface area contributed by atoms with Crippen LogP contribution < -0.4 is 4.74 Å². The van der Waals surface area contributed by atoms with Crippen LogP contribution in [0.15, 0.2) is 84.9 Å². The number of ether oxygens (including phenoxy) is 2. The topological polar surface area (TPSA) is 38.7 Å². The van der Waals surface area contributed by atoms with Gasteiger partial charge >= 0.3 is 0 Å². The Morgan fingerprint density at radius 1 is 0.844 bits per heavy atom. The zero-order valence-corrected chi connectivity index (χ0v) is 19.1. The van der Waals surface area contributed by atoms with E-state index in [1.807, 2.05) is 36.4 Å². The summed E-state index contributed by atoms with van der Waals surface area (Å²) >= 11 is 0. The number of hydrogen-bond donors (Lipinski definition) is 1. The second-order valence-electron chi connectivity index (χ2n) is 9.15. The molecular weight excluding hydrogens is 398 g/mol. The number of aliphatic hydroxyl groups is 1. The SMILES string of the molecule is CC1C[N+](Cc2ccccc2)(CC(O)COc2ccc(-c3ccccc3)cc2)CC(C)O1. The molecule has 0 saturated carbocycles. The van der Waals surface area contributed by atoms with Gasteiger partial charge in [0.05, 0.1) is 0 Å². The van der Waals surface area contributed by atoms with Gasteiger partial charge in [-0.2, -0.15) is 0 Å². The van der Waals surface area contributed by atoms with E-state index in [4.69, 9.17) is 9.47 Å². The maximum absolute atomic E-state index is 10.9. The maximum atomic E-state index is 10.9. The van der Waals surface area contributed by atoms with Crippen LogP contribution in [0.2, 0.25) is 0 Å². The molecule has 0 radical (unpaired) electrons. The Kier molecular flexibility index (Phi) is 7.26. The van der Waals surface area contributed by atoms with E-state index in [0.717, 1.165) is 35.4 Å². The molecule has 0 spiro atoms. The van der Waals surface area contributed by atoms with Gasteiger partial charge in [0, 0.05) is 5.56 Å². The zero-order chi connectivity index (χ0) is 22.4. The molecule has 1 aliphatic rings. The predicted octanol–water partition coefficient (Wildman–Crippen LogP) is 4.92. The molecule has 32 heavy (non-hydrogen) atoms. The van der Waals surface area contributed by atoms with Gasteiger partial charge in [-0.3, -0.25) is 0 Å². The molecule has 0 aromatic heterocycles. The first kappa shape index (κ1) is 22.5. The minimum absolute atomic E-state index is 0.168. The molecule has 0 aliphatic carbocycles. The number of hydrogen-bond acceptors (Lipinski definition) is 3. The van der Waals surface area contributed by atoms with E-state index in [2.05, 4.69) is 62.4 Å². The van der Waals surface area contributed by atoms with Crippen LogP contribution in [0.5, 0.6) is 5.75 Å². The fourth-order valence-electron chi connectivity index (χ4n) is 5.03. The highest BCUT2D eigenvalue weighted by atomic mass is 16.5. The van der Waals surface area contributed by atoms with E-state index in [-0.39, 0.29) is 18.8 Å². The summed E-state index contributed by atoms with van der Waals surface area (Å²) in [6.07, 6.45) is -0.216. The molecule has 4 nitrogen and oxygen atoms in total. The van der Waals surface area contributed by atoms with Crippen molar-refractivity contribution in [1.82, 2.24) is 0 Å². The van der Waals surface area contributed by atoms with Crippen molar-refractivity contribution in [3.63, 3.8) is 0 Å². The number of benzene rings is 3. The maximum Gasteiger partial charge on any atom is 0.137 e. The molecule has 1 N–H and O–H groups in total. The molecule has 168 valence electrons. The van der Waals surface area contributed by atoms with Gasteiger partial charge in [0.15, 0.2) is 0 Å². The third-order valence-corrected chi connectivity index (χ3v) is 6.12. The lowest BCUT2D eigenvalue weighted by Gasteiger charge is -2.47. The molecule has 4 rings (SSSR count). The molecule has 3 unspecified atom stereocenters. The van der Waals surface area contributed by atoms with Gasteiger partial charge in [-0.25, -0.2) is 0 Å². The minimum Gasteiger partial charge on any atom is -0.491 e. The molecule has 4 heteroatoms. The quantitative estimate of drug-likeness (QED) is 0.514. The van der Waals surface area contributed by atoms with Gasteiger partial charge in [0.25, 0.3) is 0 Å². The van der Waals surface area contributed by atoms with Crippen LogP contribution in [0.25, 0.3) is 11.1 Å². The Labute approximate surface area is 191 Å². The number of rotatable bonds is 8. The van der Waals surface area contributed by atoms with Crippen molar-refractivity contribution in [1.29, 1.82) is 0 Å². The lowest BCUT2D eigenvalue weighted by Crippen LogP contribution is -2.62. The summed E-state index contributed by atoms with van der Waals surface area (Å²) in [5, 5.41) is 10.9. The molecular formula is C28H34NO3+. The second-order valence-corrected chi connectivity index (χ2v) is 9.15. The van der Waals surface area contributed by atoms with E-state index >= 15 is 0 Å². The van der Waals surface area contributed by atoms with E-state index in [0.29, 0.717) is 6.54 Å². The van der Waals surface area contributed by atoms with Crippen LogP contribution >= 0.6 is 0 Å². The molecule has 1 fully saturated rings. The van der Waals surface area contributed by atoms with E-state index in [1.165, 1.54) is 11.1 Å². The monoisotopic (exact) mass is 432 g/mol. The van der Waals surface area contributed by atoms with Crippen LogP contribution in [-0.4, -0.2) is 54.1 Å². The van der Waals surface area contributed by atoms with Crippen molar-refractivity contribution in [3.8, 4) is 16.9 Å². The summed E-state index contributed by atoms with van der Waals surface area (Å²) in [7, 11) is 0. The number of morpholine rings is 1. The molecule has 0 bridgehead atoms. The Morgan fingerprint density at radius 2 is 1.41 bits per heavy atom. The summed E-state index contributed by atoms with van der Waals surface area (Å²) in [5.41, 5.74) is 3.63. The molecule has 0 amide bonds. The molecule has 3 aromatic rings. The fraction of sp³-hybridized carbons (Fsp3) is 0.357. The highest BCUT2D eigenvalue weighted by Crippen LogP contribution is 2.25.